The van der Waals surface area contributed by atoms with Crippen molar-refractivity contribution in [3.8, 4) is 6.07 Å². The van der Waals surface area contributed by atoms with E-state index in [0.29, 0.717) is 11.6 Å². The number of nitrogens with zero attached hydrogens (tertiary/aromatic N) is 1. The van der Waals surface area contributed by atoms with Crippen LogP contribution in [0, 0.1) is 53.0 Å². The molecule has 0 bridgehead atoms. The van der Waals surface area contributed by atoms with Crippen molar-refractivity contribution in [3.63, 3.8) is 0 Å². The molecular weight excluding hydrogens is 319 g/mol. The zero-order valence-electron chi connectivity index (χ0n) is 13.9. The van der Waals surface area contributed by atoms with Crippen LogP contribution in [0.5, 0.6) is 0 Å². The van der Waals surface area contributed by atoms with Crippen molar-refractivity contribution in [3.05, 3.63) is 46.3 Å². The van der Waals surface area contributed by atoms with Crippen LogP contribution in [0.3, 0.4) is 0 Å². The van der Waals surface area contributed by atoms with Gasteiger partial charge in [0.15, 0.2) is 11.6 Å². The fourth-order valence-electron chi connectivity index (χ4n) is 2.89. The molecule has 0 N–H and O–H groups in total. The van der Waals surface area contributed by atoms with Crippen LogP contribution in [0.1, 0.15) is 31.9 Å². The quantitative estimate of drug-likeness (QED) is 0.470. The molecule has 1 aliphatic carbocycles. The van der Waals surface area contributed by atoms with Gasteiger partial charge in [-0.25, -0.2) is 13.2 Å². The first-order chi connectivity index (χ1) is 11.1. The molecule has 0 aromatic heterocycles. The Bertz CT molecular complexity index is 736. The Morgan fingerprint density at radius 3 is 2.58 bits per heavy atom. The van der Waals surface area contributed by atoms with Gasteiger partial charge in [0.1, 0.15) is 12.4 Å². The van der Waals surface area contributed by atoms with E-state index < -0.39 is 35.9 Å². The topological polar surface area (TPSA) is 50.1 Å². The summed E-state index contributed by atoms with van der Waals surface area (Å²) in [5, 5.41) is 8.82. The highest BCUT2D eigenvalue weighted by atomic mass is 19.2. The summed E-state index contributed by atoms with van der Waals surface area (Å²) in [6.07, 6.45) is 1.71. The van der Waals surface area contributed by atoms with E-state index in [9.17, 15) is 18.0 Å². The van der Waals surface area contributed by atoms with E-state index in [1.54, 1.807) is 13.0 Å². The average Bonchev–Trinajstić information content (AvgIpc) is 3.05. The molecule has 0 amide bonds. The van der Waals surface area contributed by atoms with Crippen molar-refractivity contribution in [1.29, 1.82) is 5.26 Å². The number of halogens is 3. The Morgan fingerprint density at radius 2 is 2.00 bits per heavy atom. The van der Waals surface area contributed by atoms with Crippen LogP contribution < -0.4 is 0 Å². The van der Waals surface area contributed by atoms with Crippen molar-refractivity contribution >= 4 is 5.97 Å². The second-order valence-corrected chi connectivity index (χ2v) is 6.65. The maximum Gasteiger partial charge on any atom is 0.310 e. The Hall–Kier alpha value is -2.29. The summed E-state index contributed by atoms with van der Waals surface area (Å²) in [4.78, 5) is 12.2. The van der Waals surface area contributed by atoms with E-state index in [0.717, 1.165) is 0 Å². The minimum absolute atomic E-state index is 0.0893. The Balaban J connectivity index is 2.12. The minimum atomic E-state index is -1.32. The number of carbonyl (C=O) groups is 1. The molecule has 6 heteroatoms. The van der Waals surface area contributed by atoms with E-state index in [4.69, 9.17) is 10.00 Å². The van der Waals surface area contributed by atoms with E-state index in [1.807, 2.05) is 19.9 Å². The van der Waals surface area contributed by atoms with Gasteiger partial charge in [0.05, 0.1) is 12.0 Å². The zero-order chi connectivity index (χ0) is 18.2. The van der Waals surface area contributed by atoms with E-state index >= 15 is 0 Å². The van der Waals surface area contributed by atoms with Gasteiger partial charge in [-0.15, -0.1) is 0 Å². The highest BCUT2D eigenvalue weighted by Crippen LogP contribution is 2.59. The summed E-state index contributed by atoms with van der Waals surface area (Å²) in [6, 6.07) is 2.46. The standard InChI is InChI=1S/C18H18F3NO2/c1-9(7-22)5-12-15(18(12,3)4)17(23)24-8-11-10(2)13(19)6-14(20)16(11)21/h5-6,12,15H,8H2,1-4H3/t12-,15+/m1/s1. The number of ether oxygens (including phenoxy) is 1. The molecule has 0 unspecified atom stereocenters. The van der Waals surface area contributed by atoms with Gasteiger partial charge in [0.2, 0.25) is 0 Å². The van der Waals surface area contributed by atoms with E-state index in [-0.39, 0.29) is 22.5 Å². The third-order valence-corrected chi connectivity index (χ3v) is 4.67. The summed E-state index contributed by atoms with van der Waals surface area (Å²) < 4.78 is 45.6. The maximum absolute atomic E-state index is 13.8. The molecule has 1 aromatic carbocycles. The molecule has 0 radical (unpaired) electrons. The number of allylic oxidation sites excluding steroid dienone is 2. The van der Waals surface area contributed by atoms with Gasteiger partial charge in [0.25, 0.3) is 0 Å². The van der Waals surface area contributed by atoms with Crippen LogP contribution in [0.2, 0.25) is 0 Å². The predicted octanol–water partition coefficient (Wildman–Crippen LogP) is 4.20. The van der Waals surface area contributed by atoms with Crippen LogP contribution in [-0.4, -0.2) is 5.97 Å². The summed E-state index contributed by atoms with van der Waals surface area (Å²) in [5.74, 6) is -4.62. The SMILES string of the molecule is CC(C#N)=C[C@@H]1[C@@H](C(=O)OCc2c(C)c(F)cc(F)c2F)C1(C)C. The van der Waals surface area contributed by atoms with Gasteiger partial charge >= 0.3 is 5.97 Å². The number of rotatable bonds is 4. The molecule has 3 nitrogen and oxygen atoms in total. The lowest BCUT2D eigenvalue weighted by atomic mass is 10.1. The number of benzene rings is 1. The van der Waals surface area contributed by atoms with Crippen LogP contribution in [0.25, 0.3) is 0 Å². The zero-order valence-corrected chi connectivity index (χ0v) is 13.9. The Kier molecular flexibility index (Phi) is 4.75. The van der Waals surface area contributed by atoms with Crippen molar-refractivity contribution < 1.29 is 22.7 Å². The molecule has 0 saturated heterocycles. The largest absolute Gasteiger partial charge is 0.460 e. The van der Waals surface area contributed by atoms with Gasteiger partial charge in [-0.05, 0) is 30.7 Å². The summed E-state index contributed by atoms with van der Waals surface area (Å²) in [5.41, 5.74) is -0.277. The third-order valence-electron chi connectivity index (χ3n) is 4.67. The smallest absolute Gasteiger partial charge is 0.310 e. The second-order valence-electron chi connectivity index (χ2n) is 6.65. The third kappa shape index (κ3) is 3.16. The fourth-order valence-corrected chi connectivity index (χ4v) is 2.89. The lowest BCUT2D eigenvalue weighted by Gasteiger charge is -2.10. The van der Waals surface area contributed by atoms with E-state index in [1.165, 1.54) is 6.92 Å². The highest BCUT2D eigenvalue weighted by Gasteiger charge is 2.61. The first-order valence-corrected chi connectivity index (χ1v) is 7.49. The predicted molar refractivity (Wildman–Crippen MR) is 81.0 cm³/mol. The van der Waals surface area contributed by atoms with Crippen LogP contribution >= 0.6 is 0 Å². The van der Waals surface area contributed by atoms with Gasteiger partial charge in [0, 0.05) is 17.2 Å². The monoisotopic (exact) mass is 337 g/mol. The van der Waals surface area contributed by atoms with Crippen LogP contribution in [-0.2, 0) is 16.1 Å². The summed E-state index contributed by atoms with van der Waals surface area (Å²) >= 11 is 0. The van der Waals surface area contributed by atoms with Gasteiger partial charge < -0.3 is 4.74 Å². The molecule has 1 fully saturated rings. The molecule has 2 atom stereocenters. The highest BCUT2D eigenvalue weighted by molar-refractivity contribution is 5.78. The normalized spacial score (nSPS) is 22.0. The van der Waals surface area contributed by atoms with Crippen LogP contribution in [0.15, 0.2) is 17.7 Å². The fraction of sp³-hybridized carbons (Fsp3) is 0.444. The number of carbonyl (C=O) groups excluding carboxylic acids is 1. The lowest BCUT2D eigenvalue weighted by molar-refractivity contribution is -0.147. The second kappa shape index (κ2) is 6.31. The molecule has 24 heavy (non-hydrogen) atoms. The Morgan fingerprint density at radius 1 is 1.38 bits per heavy atom. The lowest BCUT2D eigenvalue weighted by Crippen LogP contribution is -2.13. The summed E-state index contributed by atoms with van der Waals surface area (Å²) in [7, 11) is 0. The first-order valence-electron chi connectivity index (χ1n) is 7.49. The molecule has 2 rings (SSSR count). The molecule has 128 valence electrons. The Labute approximate surface area is 138 Å². The number of nitriles is 1. The molecule has 1 aliphatic rings. The molecule has 1 aromatic rings. The molecular formula is C18H18F3NO2. The molecule has 0 aliphatic heterocycles. The van der Waals surface area contributed by atoms with Crippen molar-refractivity contribution in [2.45, 2.75) is 34.3 Å². The molecule has 0 heterocycles. The van der Waals surface area contributed by atoms with Gasteiger partial charge in [-0.1, -0.05) is 19.9 Å². The first kappa shape index (κ1) is 18.1. The average molecular weight is 337 g/mol. The molecule has 1 saturated carbocycles. The van der Waals surface area contributed by atoms with Gasteiger partial charge in [-0.3, -0.25) is 4.79 Å². The van der Waals surface area contributed by atoms with Crippen molar-refractivity contribution in [1.82, 2.24) is 0 Å². The van der Waals surface area contributed by atoms with Crippen molar-refractivity contribution in [2.24, 2.45) is 17.3 Å². The minimum Gasteiger partial charge on any atom is -0.460 e. The van der Waals surface area contributed by atoms with E-state index in [2.05, 4.69) is 0 Å². The maximum atomic E-state index is 13.8. The number of hydrogen-bond acceptors (Lipinski definition) is 3. The number of hydrogen-bond donors (Lipinski definition) is 0. The summed E-state index contributed by atoms with van der Waals surface area (Å²) in [6.45, 7) is 6.12. The van der Waals surface area contributed by atoms with Gasteiger partial charge in [-0.2, -0.15) is 5.26 Å². The van der Waals surface area contributed by atoms with Crippen molar-refractivity contribution in [2.75, 3.05) is 0 Å². The molecule has 0 spiro atoms. The number of esters is 1. The van der Waals surface area contributed by atoms with Crippen LogP contribution in [0.4, 0.5) is 13.2 Å².